The van der Waals surface area contributed by atoms with Crippen LogP contribution in [0.15, 0.2) is 6.33 Å². The SMILES string of the molecule is CCN(Cc1ncnn1C)C1(CN)CCCCCC1. The minimum Gasteiger partial charge on any atom is -0.329 e. The molecule has 0 atom stereocenters. The molecule has 0 saturated heterocycles. The van der Waals surface area contributed by atoms with Crippen molar-refractivity contribution in [3.8, 4) is 0 Å². The summed E-state index contributed by atoms with van der Waals surface area (Å²) in [5, 5.41) is 4.16. The van der Waals surface area contributed by atoms with Crippen LogP contribution in [0.25, 0.3) is 0 Å². The van der Waals surface area contributed by atoms with Crippen molar-refractivity contribution in [1.82, 2.24) is 19.7 Å². The number of hydrogen-bond acceptors (Lipinski definition) is 4. The van der Waals surface area contributed by atoms with Crippen LogP contribution in [0.3, 0.4) is 0 Å². The maximum Gasteiger partial charge on any atom is 0.140 e. The number of aromatic nitrogens is 3. The summed E-state index contributed by atoms with van der Waals surface area (Å²) in [7, 11) is 1.96. The Kier molecular flexibility index (Phi) is 4.93. The Morgan fingerprint density at radius 2 is 2.00 bits per heavy atom. The lowest BCUT2D eigenvalue weighted by molar-refractivity contribution is 0.0718. The van der Waals surface area contributed by atoms with Crippen LogP contribution in [-0.2, 0) is 13.6 Å². The Morgan fingerprint density at radius 1 is 1.32 bits per heavy atom. The molecule has 19 heavy (non-hydrogen) atoms. The summed E-state index contributed by atoms with van der Waals surface area (Å²) >= 11 is 0. The third kappa shape index (κ3) is 3.15. The first-order valence-electron chi connectivity index (χ1n) is 7.50. The van der Waals surface area contributed by atoms with E-state index in [4.69, 9.17) is 5.73 Å². The molecule has 1 heterocycles. The largest absolute Gasteiger partial charge is 0.329 e. The quantitative estimate of drug-likeness (QED) is 0.823. The van der Waals surface area contributed by atoms with Gasteiger partial charge in [-0.1, -0.05) is 32.6 Å². The first-order valence-corrected chi connectivity index (χ1v) is 7.50. The second-order valence-corrected chi connectivity index (χ2v) is 5.66. The molecule has 108 valence electrons. The molecule has 0 aliphatic heterocycles. The first kappa shape index (κ1) is 14.5. The normalized spacial score (nSPS) is 19.6. The highest BCUT2D eigenvalue weighted by molar-refractivity contribution is 4.96. The highest BCUT2D eigenvalue weighted by Crippen LogP contribution is 2.32. The minimum atomic E-state index is 0.164. The van der Waals surface area contributed by atoms with E-state index < -0.39 is 0 Å². The summed E-state index contributed by atoms with van der Waals surface area (Å²) in [6.45, 7) is 4.84. The lowest BCUT2D eigenvalue weighted by atomic mass is 9.88. The molecule has 0 bridgehead atoms. The lowest BCUT2D eigenvalue weighted by Crippen LogP contribution is -2.53. The molecule has 0 spiro atoms. The van der Waals surface area contributed by atoms with Crippen molar-refractivity contribution in [2.75, 3.05) is 13.1 Å². The number of likely N-dealkylation sites (N-methyl/N-ethyl adjacent to an activating group) is 1. The molecule has 1 aromatic rings. The summed E-state index contributed by atoms with van der Waals surface area (Å²) in [5.41, 5.74) is 6.33. The van der Waals surface area contributed by atoms with Gasteiger partial charge in [0.05, 0.1) is 6.54 Å². The van der Waals surface area contributed by atoms with Gasteiger partial charge in [0.15, 0.2) is 0 Å². The van der Waals surface area contributed by atoms with E-state index in [2.05, 4.69) is 21.9 Å². The maximum atomic E-state index is 6.17. The standard InChI is InChI=1S/C14H27N5/c1-3-19(10-13-16-12-17-18(13)2)14(11-15)8-6-4-5-7-9-14/h12H,3-11,15H2,1-2H3. The third-order valence-electron chi connectivity index (χ3n) is 4.60. The second kappa shape index (κ2) is 6.48. The second-order valence-electron chi connectivity index (χ2n) is 5.66. The molecule has 0 radical (unpaired) electrons. The Labute approximate surface area is 116 Å². The Bertz CT molecular complexity index is 379. The molecule has 1 fully saturated rings. The smallest absolute Gasteiger partial charge is 0.140 e. The molecule has 0 amide bonds. The molecule has 1 aromatic heterocycles. The Morgan fingerprint density at radius 3 is 2.47 bits per heavy atom. The molecule has 2 N–H and O–H groups in total. The number of aryl methyl sites for hydroxylation is 1. The average Bonchev–Trinajstić information content (AvgIpc) is 2.68. The molecule has 0 unspecified atom stereocenters. The first-order chi connectivity index (χ1) is 9.22. The van der Waals surface area contributed by atoms with Gasteiger partial charge in [-0.2, -0.15) is 5.10 Å². The van der Waals surface area contributed by atoms with Crippen LogP contribution in [0, 0.1) is 0 Å². The molecule has 5 nitrogen and oxygen atoms in total. The van der Waals surface area contributed by atoms with Crippen molar-refractivity contribution in [2.24, 2.45) is 12.8 Å². The van der Waals surface area contributed by atoms with Crippen molar-refractivity contribution in [3.63, 3.8) is 0 Å². The van der Waals surface area contributed by atoms with Crippen molar-refractivity contribution >= 4 is 0 Å². The van der Waals surface area contributed by atoms with Crippen molar-refractivity contribution < 1.29 is 0 Å². The van der Waals surface area contributed by atoms with E-state index in [0.717, 1.165) is 25.5 Å². The molecule has 1 aliphatic rings. The highest BCUT2D eigenvalue weighted by Gasteiger charge is 2.35. The monoisotopic (exact) mass is 265 g/mol. The zero-order valence-electron chi connectivity index (χ0n) is 12.3. The van der Waals surface area contributed by atoms with Gasteiger partial charge in [-0.3, -0.25) is 9.58 Å². The number of nitrogens with zero attached hydrogens (tertiary/aromatic N) is 4. The van der Waals surface area contributed by atoms with Gasteiger partial charge in [0.2, 0.25) is 0 Å². The van der Waals surface area contributed by atoms with Crippen LogP contribution in [0.1, 0.15) is 51.3 Å². The van der Waals surface area contributed by atoms with E-state index in [9.17, 15) is 0 Å². The number of rotatable bonds is 5. The van der Waals surface area contributed by atoms with Gasteiger partial charge in [-0.15, -0.1) is 0 Å². The van der Waals surface area contributed by atoms with E-state index in [0.29, 0.717) is 0 Å². The molecule has 0 aromatic carbocycles. The van der Waals surface area contributed by atoms with Crippen molar-refractivity contribution in [2.45, 2.75) is 57.5 Å². The van der Waals surface area contributed by atoms with Crippen LogP contribution in [0.2, 0.25) is 0 Å². The average molecular weight is 265 g/mol. The molecule has 1 saturated carbocycles. The molecular formula is C14H27N5. The van der Waals surface area contributed by atoms with E-state index in [1.54, 1.807) is 6.33 Å². The van der Waals surface area contributed by atoms with Crippen molar-refractivity contribution in [1.29, 1.82) is 0 Å². The molecule has 2 rings (SSSR count). The highest BCUT2D eigenvalue weighted by atomic mass is 15.3. The van der Waals surface area contributed by atoms with Gasteiger partial charge in [-0.05, 0) is 19.4 Å². The topological polar surface area (TPSA) is 60.0 Å². The fourth-order valence-corrected chi connectivity index (χ4v) is 3.29. The minimum absolute atomic E-state index is 0.164. The fraction of sp³-hybridized carbons (Fsp3) is 0.857. The van der Waals surface area contributed by atoms with Crippen molar-refractivity contribution in [3.05, 3.63) is 12.2 Å². The van der Waals surface area contributed by atoms with Gasteiger partial charge in [0, 0.05) is 19.1 Å². The van der Waals surface area contributed by atoms with Gasteiger partial charge in [-0.25, -0.2) is 4.98 Å². The zero-order chi connectivity index (χ0) is 13.7. The van der Waals surface area contributed by atoms with E-state index in [1.165, 1.54) is 38.5 Å². The fourth-order valence-electron chi connectivity index (χ4n) is 3.29. The van der Waals surface area contributed by atoms with Crippen LogP contribution in [0.4, 0.5) is 0 Å². The van der Waals surface area contributed by atoms with Crippen LogP contribution in [0.5, 0.6) is 0 Å². The van der Waals surface area contributed by atoms with Crippen LogP contribution >= 0.6 is 0 Å². The summed E-state index contributed by atoms with van der Waals surface area (Å²) in [6.07, 6.45) is 9.36. The number of nitrogens with two attached hydrogens (primary N) is 1. The summed E-state index contributed by atoms with van der Waals surface area (Å²) in [4.78, 5) is 6.87. The molecule has 5 heteroatoms. The van der Waals surface area contributed by atoms with E-state index in [-0.39, 0.29) is 5.54 Å². The van der Waals surface area contributed by atoms with Gasteiger partial charge in [0.25, 0.3) is 0 Å². The predicted octanol–water partition coefficient (Wildman–Crippen LogP) is 1.69. The molecular weight excluding hydrogens is 238 g/mol. The van der Waals surface area contributed by atoms with Gasteiger partial charge < -0.3 is 5.73 Å². The predicted molar refractivity (Wildman–Crippen MR) is 76.6 cm³/mol. The number of hydrogen-bond donors (Lipinski definition) is 1. The van der Waals surface area contributed by atoms with Crippen LogP contribution in [-0.4, -0.2) is 38.3 Å². The summed E-state index contributed by atoms with van der Waals surface area (Å²) in [6, 6.07) is 0. The zero-order valence-corrected chi connectivity index (χ0v) is 12.3. The van der Waals surface area contributed by atoms with E-state index >= 15 is 0 Å². The van der Waals surface area contributed by atoms with Crippen LogP contribution < -0.4 is 5.73 Å². The summed E-state index contributed by atoms with van der Waals surface area (Å²) in [5.74, 6) is 1.03. The third-order valence-corrected chi connectivity index (χ3v) is 4.60. The van der Waals surface area contributed by atoms with Gasteiger partial charge >= 0.3 is 0 Å². The summed E-state index contributed by atoms with van der Waals surface area (Å²) < 4.78 is 1.86. The maximum absolute atomic E-state index is 6.17. The van der Waals surface area contributed by atoms with Gasteiger partial charge in [0.1, 0.15) is 12.2 Å². The Balaban J connectivity index is 2.15. The Hall–Kier alpha value is -0.940. The lowest BCUT2D eigenvalue weighted by Gasteiger charge is -2.42. The van der Waals surface area contributed by atoms with E-state index in [1.807, 2.05) is 11.7 Å². The molecule has 1 aliphatic carbocycles.